The molecule has 0 fully saturated rings. The first-order valence-electron chi connectivity index (χ1n) is 9.56. The number of halogens is 2. The first-order chi connectivity index (χ1) is 14.0. The highest BCUT2D eigenvalue weighted by Crippen LogP contribution is 2.35. The van der Waals surface area contributed by atoms with Gasteiger partial charge in [-0.1, -0.05) is 23.2 Å². The van der Waals surface area contributed by atoms with Gasteiger partial charge >= 0.3 is 0 Å². The van der Waals surface area contributed by atoms with Crippen LogP contribution in [-0.2, 0) is 17.6 Å². The maximum Gasteiger partial charge on any atom is 0.239 e. The minimum Gasteiger partial charge on any atom is -0.396 e. The predicted octanol–water partition coefficient (Wildman–Crippen LogP) is 3.96. The van der Waals surface area contributed by atoms with Crippen molar-refractivity contribution in [2.45, 2.75) is 25.8 Å². The number of carbonyl (C=O) groups is 1. The second kappa shape index (κ2) is 8.32. The van der Waals surface area contributed by atoms with Gasteiger partial charge in [-0.3, -0.25) is 9.69 Å². The fourth-order valence-electron chi connectivity index (χ4n) is 3.92. The van der Waals surface area contributed by atoms with Crippen LogP contribution in [0.2, 0.25) is 10.0 Å². The quantitative estimate of drug-likeness (QED) is 0.569. The van der Waals surface area contributed by atoms with E-state index >= 15 is 0 Å². The van der Waals surface area contributed by atoms with Crippen LogP contribution in [0.1, 0.15) is 29.9 Å². The van der Waals surface area contributed by atoms with Crippen molar-refractivity contribution in [1.29, 1.82) is 0 Å². The molecule has 8 heteroatoms. The maximum absolute atomic E-state index is 12.6. The Bertz CT molecular complexity index is 1070. The SMILES string of the molecule is CC1c2[nH]c3ccc(Cl)cc3c2CCN1CC(=O)Nc1ccc(Cl)c(CCO)n1. The van der Waals surface area contributed by atoms with E-state index < -0.39 is 0 Å². The van der Waals surface area contributed by atoms with E-state index in [2.05, 4.69) is 27.1 Å². The molecule has 0 spiro atoms. The lowest BCUT2D eigenvalue weighted by molar-refractivity contribution is -0.118. The number of hydrogen-bond donors (Lipinski definition) is 3. The fraction of sp³-hybridized carbons (Fsp3) is 0.333. The molecule has 0 bridgehead atoms. The molecule has 4 rings (SSSR count). The average Bonchev–Trinajstić information content (AvgIpc) is 3.05. The smallest absolute Gasteiger partial charge is 0.239 e. The molecule has 2 aromatic heterocycles. The van der Waals surface area contributed by atoms with Crippen LogP contribution in [0.3, 0.4) is 0 Å². The van der Waals surface area contributed by atoms with Crippen LogP contribution in [0, 0.1) is 0 Å². The van der Waals surface area contributed by atoms with Crippen LogP contribution in [0.5, 0.6) is 0 Å². The van der Waals surface area contributed by atoms with Crippen LogP contribution in [0.15, 0.2) is 30.3 Å². The van der Waals surface area contributed by atoms with E-state index in [9.17, 15) is 4.79 Å². The van der Waals surface area contributed by atoms with Gasteiger partial charge in [0.2, 0.25) is 5.91 Å². The van der Waals surface area contributed by atoms with Crippen LogP contribution < -0.4 is 5.32 Å². The molecule has 1 amide bonds. The Labute approximate surface area is 178 Å². The summed E-state index contributed by atoms with van der Waals surface area (Å²) in [6, 6.07) is 9.30. The molecule has 1 aromatic carbocycles. The first-order valence-corrected chi connectivity index (χ1v) is 10.3. The molecule has 1 aliphatic heterocycles. The number of aliphatic hydroxyl groups is 1. The summed E-state index contributed by atoms with van der Waals surface area (Å²) >= 11 is 12.2. The van der Waals surface area contributed by atoms with Crippen LogP contribution in [0.25, 0.3) is 10.9 Å². The number of H-pyrrole nitrogens is 1. The second-order valence-corrected chi connectivity index (χ2v) is 8.09. The number of anilines is 1. The van der Waals surface area contributed by atoms with Crippen molar-refractivity contribution in [3.05, 3.63) is 57.3 Å². The van der Waals surface area contributed by atoms with Gasteiger partial charge < -0.3 is 15.4 Å². The monoisotopic (exact) mass is 432 g/mol. The van der Waals surface area contributed by atoms with Gasteiger partial charge in [0.05, 0.1) is 17.3 Å². The summed E-state index contributed by atoms with van der Waals surface area (Å²) in [6.45, 7) is 3.09. The normalized spacial score (nSPS) is 16.8. The number of rotatable bonds is 5. The number of carbonyl (C=O) groups excluding carboxylic acids is 1. The molecule has 0 saturated carbocycles. The number of benzene rings is 1. The summed E-state index contributed by atoms with van der Waals surface area (Å²) in [4.78, 5) is 22.6. The molecule has 29 heavy (non-hydrogen) atoms. The van der Waals surface area contributed by atoms with Crippen molar-refractivity contribution >= 4 is 45.8 Å². The van der Waals surface area contributed by atoms with Crippen molar-refractivity contribution in [2.24, 2.45) is 0 Å². The molecule has 1 aliphatic rings. The fourth-order valence-corrected chi connectivity index (χ4v) is 4.29. The molecule has 3 aromatic rings. The highest BCUT2D eigenvalue weighted by Gasteiger charge is 2.28. The number of pyridine rings is 1. The number of aromatic nitrogens is 2. The van der Waals surface area contributed by atoms with Gasteiger partial charge in [0, 0.05) is 47.2 Å². The summed E-state index contributed by atoms with van der Waals surface area (Å²) in [5.74, 6) is 0.303. The van der Waals surface area contributed by atoms with Crippen molar-refractivity contribution in [2.75, 3.05) is 25.0 Å². The Morgan fingerprint density at radius 3 is 2.97 bits per heavy atom. The minimum absolute atomic E-state index is 0.0482. The third kappa shape index (κ3) is 4.12. The largest absolute Gasteiger partial charge is 0.396 e. The number of amides is 1. The number of aromatic amines is 1. The van der Waals surface area contributed by atoms with Crippen molar-refractivity contribution in [3.8, 4) is 0 Å². The van der Waals surface area contributed by atoms with Crippen molar-refractivity contribution in [3.63, 3.8) is 0 Å². The molecule has 1 unspecified atom stereocenters. The zero-order valence-corrected chi connectivity index (χ0v) is 17.5. The van der Waals surface area contributed by atoms with E-state index in [1.807, 2.05) is 18.2 Å². The van der Waals surface area contributed by atoms with E-state index in [0.717, 1.165) is 34.6 Å². The Balaban J connectivity index is 1.47. The Morgan fingerprint density at radius 2 is 2.17 bits per heavy atom. The lowest BCUT2D eigenvalue weighted by Crippen LogP contribution is -2.39. The summed E-state index contributed by atoms with van der Waals surface area (Å²) in [6.07, 6.45) is 1.20. The number of fused-ring (bicyclic) bond motifs is 3. The number of hydrogen-bond acceptors (Lipinski definition) is 4. The Morgan fingerprint density at radius 1 is 1.34 bits per heavy atom. The topological polar surface area (TPSA) is 81.2 Å². The van der Waals surface area contributed by atoms with Crippen LogP contribution in [0.4, 0.5) is 5.82 Å². The molecule has 0 radical (unpaired) electrons. The molecule has 1 atom stereocenters. The molecular weight excluding hydrogens is 411 g/mol. The van der Waals surface area contributed by atoms with E-state index in [1.54, 1.807) is 12.1 Å². The summed E-state index contributed by atoms with van der Waals surface area (Å²) in [7, 11) is 0. The maximum atomic E-state index is 12.6. The Hall–Kier alpha value is -2.12. The van der Waals surface area contributed by atoms with E-state index in [-0.39, 0.29) is 25.1 Å². The zero-order valence-electron chi connectivity index (χ0n) is 16.0. The molecule has 6 nitrogen and oxygen atoms in total. The van der Waals surface area contributed by atoms with Crippen LogP contribution >= 0.6 is 23.2 Å². The van der Waals surface area contributed by atoms with Gasteiger partial charge in [0.15, 0.2) is 0 Å². The second-order valence-electron chi connectivity index (χ2n) is 7.25. The summed E-state index contributed by atoms with van der Waals surface area (Å²) in [5, 5.41) is 14.3. The first kappa shape index (κ1) is 20.2. The lowest BCUT2D eigenvalue weighted by Gasteiger charge is -2.32. The highest BCUT2D eigenvalue weighted by atomic mass is 35.5. The standard InChI is InChI=1S/C21H22Cl2N4O2/c1-12-21-14(15-10-13(22)2-4-17(15)25-21)6-8-27(12)11-20(29)26-19-5-3-16(23)18(24-19)7-9-28/h2-5,10,12,25,28H,6-9,11H2,1H3,(H,24,26,29). The summed E-state index contributed by atoms with van der Waals surface area (Å²) in [5.41, 5.74) is 4.05. The molecule has 152 valence electrons. The van der Waals surface area contributed by atoms with Gasteiger partial charge in [-0.05, 0) is 49.2 Å². The van der Waals surface area contributed by atoms with Gasteiger partial charge in [-0.25, -0.2) is 4.98 Å². The van der Waals surface area contributed by atoms with Crippen molar-refractivity contribution < 1.29 is 9.90 Å². The molecule has 0 aliphatic carbocycles. The highest BCUT2D eigenvalue weighted by molar-refractivity contribution is 6.31. The van der Waals surface area contributed by atoms with Crippen LogP contribution in [-0.4, -0.2) is 45.6 Å². The third-order valence-electron chi connectivity index (χ3n) is 5.40. The van der Waals surface area contributed by atoms with E-state index in [4.69, 9.17) is 28.3 Å². The lowest BCUT2D eigenvalue weighted by atomic mass is 9.98. The molecular formula is C21H22Cl2N4O2. The minimum atomic E-state index is -0.135. The number of aliphatic hydroxyl groups excluding tert-OH is 1. The van der Waals surface area contributed by atoms with Crippen molar-refractivity contribution in [1.82, 2.24) is 14.9 Å². The summed E-state index contributed by atoms with van der Waals surface area (Å²) < 4.78 is 0. The third-order valence-corrected chi connectivity index (χ3v) is 5.98. The molecule has 3 N–H and O–H groups in total. The van der Waals surface area contributed by atoms with Gasteiger partial charge in [-0.2, -0.15) is 0 Å². The van der Waals surface area contributed by atoms with E-state index in [1.165, 1.54) is 5.56 Å². The van der Waals surface area contributed by atoms with E-state index in [0.29, 0.717) is 23.0 Å². The van der Waals surface area contributed by atoms with Gasteiger partial charge in [-0.15, -0.1) is 0 Å². The predicted molar refractivity (Wildman–Crippen MR) is 116 cm³/mol. The number of nitrogens with one attached hydrogen (secondary N) is 2. The molecule has 0 saturated heterocycles. The zero-order chi connectivity index (χ0) is 20.5. The van der Waals surface area contributed by atoms with Gasteiger partial charge in [0.1, 0.15) is 5.82 Å². The number of nitrogens with zero attached hydrogens (tertiary/aromatic N) is 2. The molecule has 3 heterocycles. The van der Waals surface area contributed by atoms with Gasteiger partial charge in [0.25, 0.3) is 0 Å². The Kier molecular flexibility index (Phi) is 5.79. The average molecular weight is 433 g/mol.